The smallest absolute Gasteiger partial charge is 0.289 e. The van der Waals surface area contributed by atoms with Crippen LogP contribution in [0.3, 0.4) is 0 Å². The molecule has 2 amide bonds. The van der Waals surface area contributed by atoms with Gasteiger partial charge in [0.2, 0.25) is 5.91 Å². The molecule has 19 heavy (non-hydrogen) atoms. The molecule has 1 aliphatic rings. The molecule has 0 bridgehead atoms. The number of aryl methyl sites for hydroxylation is 1. The van der Waals surface area contributed by atoms with Crippen molar-refractivity contribution in [3.63, 3.8) is 0 Å². The lowest BCUT2D eigenvalue weighted by Gasteiger charge is -2.16. The number of aliphatic hydroxyl groups is 1. The van der Waals surface area contributed by atoms with E-state index in [1.54, 1.807) is 11.0 Å². The summed E-state index contributed by atoms with van der Waals surface area (Å²) in [5.41, 5.74) is 0.786. The van der Waals surface area contributed by atoms with E-state index in [0.717, 1.165) is 5.56 Å². The summed E-state index contributed by atoms with van der Waals surface area (Å²) in [6.07, 6.45) is 1.48. The van der Waals surface area contributed by atoms with E-state index in [1.807, 2.05) is 6.92 Å². The maximum absolute atomic E-state index is 12.3. The van der Waals surface area contributed by atoms with Crippen LogP contribution in [0.5, 0.6) is 0 Å². The first-order valence-electron chi connectivity index (χ1n) is 6.24. The molecular weight excluding hydrogens is 248 g/mol. The normalized spacial score (nSPS) is 22.6. The van der Waals surface area contributed by atoms with Crippen LogP contribution in [0.1, 0.15) is 23.0 Å². The number of carbonyl (C=O) groups excluding carboxylic acids is 2. The van der Waals surface area contributed by atoms with Crippen LogP contribution >= 0.6 is 0 Å². The molecule has 1 saturated heterocycles. The van der Waals surface area contributed by atoms with Crippen LogP contribution in [0.2, 0.25) is 0 Å². The van der Waals surface area contributed by atoms with Gasteiger partial charge in [-0.3, -0.25) is 9.59 Å². The third kappa shape index (κ3) is 2.78. The minimum absolute atomic E-state index is 0.0636. The number of furan rings is 1. The highest BCUT2D eigenvalue weighted by atomic mass is 16.3. The molecule has 2 heterocycles. The monoisotopic (exact) mass is 266 g/mol. The largest absolute Gasteiger partial charge is 0.459 e. The first kappa shape index (κ1) is 13.6. The Morgan fingerprint density at radius 3 is 2.79 bits per heavy atom. The SMILES string of the molecule is CC(=O)N[C@@H]1CN(C(=O)c2occc2C)C[C@H]1CO. The van der Waals surface area contributed by atoms with Crippen molar-refractivity contribution in [2.24, 2.45) is 5.92 Å². The topological polar surface area (TPSA) is 82.8 Å². The Balaban J connectivity index is 2.09. The zero-order valence-corrected chi connectivity index (χ0v) is 11.0. The Hall–Kier alpha value is -1.82. The maximum Gasteiger partial charge on any atom is 0.289 e. The quantitative estimate of drug-likeness (QED) is 0.816. The van der Waals surface area contributed by atoms with Gasteiger partial charge in [-0.15, -0.1) is 0 Å². The van der Waals surface area contributed by atoms with Gasteiger partial charge in [0.25, 0.3) is 5.91 Å². The van der Waals surface area contributed by atoms with E-state index in [4.69, 9.17) is 4.42 Å². The Labute approximate surface area is 111 Å². The van der Waals surface area contributed by atoms with Crippen LogP contribution in [0, 0.1) is 12.8 Å². The zero-order valence-electron chi connectivity index (χ0n) is 11.0. The summed E-state index contributed by atoms with van der Waals surface area (Å²) in [6, 6.07) is 1.53. The second-order valence-corrected chi connectivity index (χ2v) is 4.89. The van der Waals surface area contributed by atoms with Crippen molar-refractivity contribution in [3.8, 4) is 0 Å². The van der Waals surface area contributed by atoms with Crippen LogP contribution in [-0.2, 0) is 4.79 Å². The fourth-order valence-corrected chi connectivity index (χ4v) is 2.38. The molecule has 0 saturated carbocycles. The van der Waals surface area contributed by atoms with Gasteiger partial charge >= 0.3 is 0 Å². The number of nitrogens with one attached hydrogen (secondary N) is 1. The molecule has 1 aliphatic heterocycles. The molecule has 0 aromatic carbocycles. The third-order valence-corrected chi connectivity index (χ3v) is 3.41. The molecule has 1 aromatic heterocycles. The molecule has 0 unspecified atom stereocenters. The Kier molecular flexibility index (Phi) is 3.90. The van der Waals surface area contributed by atoms with Gasteiger partial charge in [-0.25, -0.2) is 0 Å². The molecule has 2 rings (SSSR count). The lowest BCUT2D eigenvalue weighted by atomic mass is 10.1. The van der Waals surface area contributed by atoms with Crippen molar-refractivity contribution >= 4 is 11.8 Å². The van der Waals surface area contributed by atoms with E-state index in [0.29, 0.717) is 18.8 Å². The van der Waals surface area contributed by atoms with E-state index in [2.05, 4.69) is 5.32 Å². The summed E-state index contributed by atoms with van der Waals surface area (Å²) in [6.45, 7) is 3.98. The number of rotatable bonds is 3. The van der Waals surface area contributed by atoms with Gasteiger partial charge in [-0.05, 0) is 13.0 Å². The number of likely N-dealkylation sites (tertiary alicyclic amines) is 1. The van der Waals surface area contributed by atoms with E-state index >= 15 is 0 Å². The summed E-state index contributed by atoms with van der Waals surface area (Å²) in [4.78, 5) is 25.0. The van der Waals surface area contributed by atoms with Gasteiger partial charge in [-0.1, -0.05) is 0 Å². The summed E-state index contributed by atoms with van der Waals surface area (Å²) >= 11 is 0. The molecule has 2 N–H and O–H groups in total. The first-order valence-corrected chi connectivity index (χ1v) is 6.24. The van der Waals surface area contributed by atoms with Gasteiger partial charge in [0, 0.05) is 38.1 Å². The average Bonchev–Trinajstić information content (AvgIpc) is 2.94. The Morgan fingerprint density at radius 1 is 1.53 bits per heavy atom. The molecule has 0 spiro atoms. The number of nitrogens with zero attached hydrogens (tertiary/aromatic N) is 1. The van der Waals surface area contributed by atoms with Crippen LogP contribution in [0.25, 0.3) is 0 Å². The molecule has 6 heteroatoms. The molecule has 1 aromatic rings. The molecule has 0 aliphatic carbocycles. The summed E-state index contributed by atoms with van der Waals surface area (Å²) in [5, 5.41) is 12.1. The fraction of sp³-hybridized carbons (Fsp3) is 0.538. The number of hydrogen-bond donors (Lipinski definition) is 2. The second kappa shape index (κ2) is 5.44. The molecule has 0 radical (unpaired) electrons. The summed E-state index contributed by atoms with van der Waals surface area (Å²) < 4.78 is 5.18. The van der Waals surface area contributed by atoms with Crippen molar-refractivity contribution in [3.05, 3.63) is 23.7 Å². The van der Waals surface area contributed by atoms with Gasteiger partial charge in [-0.2, -0.15) is 0 Å². The zero-order chi connectivity index (χ0) is 14.0. The summed E-state index contributed by atoms with van der Waals surface area (Å²) in [7, 11) is 0. The minimum atomic E-state index is -0.207. The third-order valence-electron chi connectivity index (χ3n) is 3.41. The lowest BCUT2D eigenvalue weighted by Crippen LogP contribution is -2.40. The lowest BCUT2D eigenvalue weighted by molar-refractivity contribution is -0.119. The van der Waals surface area contributed by atoms with Crippen LogP contribution in [0.4, 0.5) is 0 Å². The highest BCUT2D eigenvalue weighted by molar-refractivity contribution is 5.93. The van der Waals surface area contributed by atoms with Gasteiger partial charge in [0.05, 0.1) is 12.3 Å². The van der Waals surface area contributed by atoms with Crippen LogP contribution in [-0.4, -0.2) is 47.6 Å². The fourth-order valence-electron chi connectivity index (χ4n) is 2.38. The number of amides is 2. The molecule has 2 atom stereocenters. The van der Waals surface area contributed by atoms with E-state index in [1.165, 1.54) is 13.2 Å². The number of aliphatic hydroxyl groups excluding tert-OH is 1. The van der Waals surface area contributed by atoms with Gasteiger partial charge < -0.3 is 19.7 Å². The van der Waals surface area contributed by atoms with Crippen molar-refractivity contribution in [1.29, 1.82) is 0 Å². The second-order valence-electron chi connectivity index (χ2n) is 4.89. The average molecular weight is 266 g/mol. The highest BCUT2D eigenvalue weighted by Gasteiger charge is 2.36. The maximum atomic E-state index is 12.3. The standard InChI is InChI=1S/C13H18N2O4/c1-8-3-4-19-12(8)13(18)15-5-10(7-16)11(6-15)14-9(2)17/h3-4,10-11,16H,5-7H2,1-2H3,(H,14,17)/t10-,11+/m0/s1. The van der Waals surface area contributed by atoms with E-state index in [-0.39, 0.29) is 30.4 Å². The molecule has 104 valence electrons. The number of hydrogen-bond acceptors (Lipinski definition) is 4. The summed E-state index contributed by atoms with van der Waals surface area (Å²) in [5.74, 6) is -0.177. The van der Waals surface area contributed by atoms with Crippen molar-refractivity contribution < 1.29 is 19.1 Å². The van der Waals surface area contributed by atoms with E-state index < -0.39 is 0 Å². The van der Waals surface area contributed by atoms with Crippen LogP contribution in [0.15, 0.2) is 16.7 Å². The predicted molar refractivity (Wildman–Crippen MR) is 67.5 cm³/mol. The van der Waals surface area contributed by atoms with Gasteiger partial charge in [0.15, 0.2) is 5.76 Å². The minimum Gasteiger partial charge on any atom is -0.459 e. The Morgan fingerprint density at radius 2 is 2.26 bits per heavy atom. The molecular formula is C13H18N2O4. The first-order chi connectivity index (χ1) is 9.02. The van der Waals surface area contributed by atoms with Crippen molar-refractivity contribution in [2.75, 3.05) is 19.7 Å². The van der Waals surface area contributed by atoms with Crippen molar-refractivity contribution in [2.45, 2.75) is 19.9 Å². The Bertz CT molecular complexity index is 483. The van der Waals surface area contributed by atoms with Gasteiger partial charge in [0.1, 0.15) is 0 Å². The van der Waals surface area contributed by atoms with Crippen LogP contribution < -0.4 is 5.32 Å². The van der Waals surface area contributed by atoms with E-state index in [9.17, 15) is 14.7 Å². The van der Waals surface area contributed by atoms with Crippen molar-refractivity contribution in [1.82, 2.24) is 10.2 Å². The number of carbonyl (C=O) groups is 2. The predicted octanol–water partition coefficient (Wildman–Crippen LogP) is 0.157. The molecule has 1 fully saturated rings. The molecule has 6 nitrogen and oxygen atoms in total. The highest BCUT2D eigenvalue weighted by Crippen LogP contribution is 2.21.